The summed E-state index contributed by atoms with van der Waals surface area (Å²) < 4.78 is 19.0. The van der Waals surface area contributed by atoms with Crippen LogP contribution in [0, 0.1) is 11.7 Å². The van der Waals surface area contributed by atoms with Crippen LogP contribution in [0.25, 0.3) is 0 Å². The molecule has 2 nitrogen and oxygen atoms in total. The highest BCUT2D eigenvalue weighted by Crippen LogP contribution is 2.28. The van der Waals surface area contributed by atoms with Crippen molar-refractivity contribution in [3.63, 3.8) is 0 Å². The molecule has 1 aromatic rings. The topological polar surface area (TPSA) is 21.3 Å². The van der Waals surface area contributed by atoms with Crippen LogP contribution in [0.3, 0.4) is 0 Å². The lowest BCUT2D eigenvalue weighted by Gasteiger charge is -2.27. The quantitative estimate of drug-likeness (QED) is 0.895. The van der Waals surface area contributed by atoms with Gasteiger partial charge in [-0.3, -0.25) is 0 Å². The maximum Gasteiger partial charge on any atom is 0.123 e. The second kappa shape index (κ2) is 6.69. The first-order valence-electron chi connectivity index (χ1n) is 6.90. The van der Waals surface area contributed by atoms with Crippen LogP contribution in [0.4, 0.5) is 4.39 Å². The van der Waals surface area contributed by atoms with Crippen LogP contribution < -0.4 is 5.32 Å². The summed E-state index contributed by atoms with van der Waals surface area (Å²) in [7, 11) is 0. The summed E-state index contributed by atoms with van der Waals surface area (Å²) in [6, 6.07) is 4.84. The Hall–Kier alpha value is -0.640. The normalized spacial score (nSPS) is 24.6. The third-order valence-corrected chi connectivity index (χ3v) is 4.23. The summed E-state index contributed by atoms with van der Waals surface area (Å²) in [5.41, 5.74) is 0.867. The fraction of sp³-hybridized carbons (Fsp3) is 0.600. The van der Waals surface area contributed by atoms with Gasteiger partial charge in [0.25, 0.3) is 0 Å². The molecular formula is C15H21ClFNO. The van der Waals surface area contributed by atoms with Crippen LogP contribution in [0.2, 0.25) is 5.02 Å². The molecule has 2 rings (SSSR count). The zero-order chi connectivity index (χ0) is 13.8. The van der Waals surface area contributed by atoms with E-state index in [1.54, 1.807) is 6.07 Å². The first-order valence-corrected chi connectivity index (χ1v) is 7.28. The molecule has 1 N–H and O–H groups in total. The Morgan fingerprint density at radius 1 is 1.53 bits per heavy atom. The number of rotatable bonds is 5. The fourth-order valence-electron chi connectivity index (χ4n) is 2.85. The molecule has 1 saturated heterocycles. The molecule has 1 aliphatic rings. The van der Waals surface area contributed by atoms with Gasteiger partial charge in [-0.1, -0.05) is 18.5 Å². The van der Waals surface area contributed by atoms with Crippen molar-refractivity contribution >= 4 is 11.6 Å². The summed E-state index contributed by atoms with van der Waals surface area (Å²) in [6.07, 6.45) is 2.03. The van der Waals surface area contributed by atoms with E-state index in [2.05, 4.69) is 19.2 Å². The maximum absolute atomic E-state index is 13.3. The standard InChI is InChI=1S/C15H21ClFNO/c1-3-18-15(13-6-7-19-10(13)2)9-11-8-12(17)4-5-14(11)16/h4-5,8,10,13,15,18H,3,6-7,9H2,1-2H3. The van der Waals surface area contributed by atoms with Gasteiger partial charge in [-0.25, -0.2) is 4.39 Å². The minimum Gasteiger partial charge on any atom is -0.378 e. The predicted octanol–water partition coefficient (Wildman–Crippen LogP) is 3.42. The number of likely N-dealkylation sites (N-methyl/N-ethyl adjacent to an activating group) is 1. The van der Waals surface area contributed by atoms with Gasteiger partial charge in [0.15, 0.2) is 0 Å². The Morgan fingerprint density at radius 2 is 2.32 bits per heavy atom. The van der Waals surface area contributed by atoms with Gasteiger partial charge in [-0.15, -0.1) is 0 Å². The Bertz CT molecular complexity index is 427. The molecule has 4 heteroatoms. The Labute approximate surface area is 119 Å². The molecule has 0 spiro atoms. The molecule has 1 aromatic carbocycles. The number of ether oxygens (including phenoxy) is 1. The van der Waals surface area contributed by atoms with Crippen molar-refractivity contribution in [3.05, 3.63) is 34.6 Å². The molecule has 0 aromatic heterocycles. The van der Waals surface area contributed by atoms with Crippen molar-refractivity contribution in [3.8, 4) is 0 Å². The average molecular weight is 286 g/mol. The van der Waals surface area contributed by atoms with Crippen LogP contribution in [0.15, 0.2) is 18.2 Å². The van der Waals surface area contributed by atoms with E-state index in [-0.39, 0.29) is 18.0 Å². The molecule has 1 heterocycles. The summed E-state index contributed by atoms with van der Waals surface area (Å²) in [5, 5.41) is 4.12. The zero-order valence-electron chi connectivity index (χ0n) is 11.5. The third-order valence-electron chi connectivity index (χ3n) is 3.87. The highest BCUT2D eigenvalue weighted by Gasteiger charge is 2.31. The number of halogens is 2. The van der Waals surface area contributed by atoms with Gasteiger partial charge >= 0.3 is 0 Å². The van der Waals surface area contributed by atoms with Crippen molar-refractivity contribution in [1.82, 2.24) is 5.32 Å². The smallest absolute Gasteiger partial charge is 0.123 e. The largest absolute Gasteiger partial charge is 0.378 e. The Morgan fingerprint density at radius 3 is 2.95 bits per heavy atom. The molecule has 0 aliphatic carbocycles. The summed E-state index contributed by atoms with van der Waals surface area (Å²) >= 11 is 6.16. The van der Waals surface area contributed by atoms with Crippen LogP contribution >= 0.6 is 11.6 Å². The van der Waals surface area contributed by atoms with E-state index in [1.807, 2.05) is 0 Å². The highest BCUT2D eigenvalue weighted by atomic mass is 35.5. The van der Waals surface area contributed by atoms with Gasteiger partial charge in [-0.2, -0.15) is 0 Å². The third kappa shape index (κ3) is 3.68. The average Bonchev–Trinajstić information content (AvgIpc) is 2.79. The van der Waals surface area contributed by atoms with Crippen molar-refractivity contribution in [2.75, 3.05) is 13.2 Å². The van der Waals surface area contributed by atoms with Crippen molar-refractivity contribution < 1.29 is 9.13 Å². The SMILES string of the molecule is CCNC(Cc1cc(F)ccc1Cl)C1CCOC1C. The molecule has 1 fully saturated rings. The van der Waals surface area contributed by atoms with Gasteiger partial charge in [-0.05, 0) is 50.1 Å². The van der Waals surface area contributed by atoms with Gasteiger partial charge < -0.3 is 10.1 Å². The number of benzene rings is 1. The first kappa shape index (κ1) is 14.8. The lowest BCUT2D eigenvalue weighted by Crippen LogP contribution is -2.40. The molecule has 106 valence electrons. The molecule has 19 heavy (non-hydrogen) atoms. The van der Waals surface area contributed by atoms with E-state index in [4.69, 9.17) is 16.3 Å². The molecule has 3 atom stereocenters. The van der Waals surface area contributed by atoms with Crippen LogP contribution in [-0.4, -0.2) is 25.3 Å². The van der Waals surface area contributed by atoms with Crippen LogP contribution in [0.1, 0.15) is 25.8 Å². The van der Waals surface area contributed by atoms with E-state index in [9.17, 15) is 4.39 Å². The van der Waals surface area contributed by atoms with Crippen LogP contribution in [0.5, 0.6) is 0 Å². The molecule has 1 aliphatic heterocycles. The summed E-state index contributed by atoms with van der Waals surface area (Å²) in [5.74, 6) is 0.227. The molecule has 0 bridgehead atoms. The van der Waals surface area contributed by atoms with E-state index < -0.39 is 0 Å². The second-order valence-electron chi connectivity index (χ2n) is 5.13. The lowest BCUT2D eigenvalue weighted by molar-refractivity contribution is 0.0956. The minimum absolute atomic E-state index is 0.231. The van der Waals surface area contributed by atoms with Crippen molar-refractivity contribution in [2.45, 2.75) is 38.8 Å². The van der Waals surface area contributed by atoms with Crippen LogP contribution in [-0.2, 0) is 11.2 Å². The lowest BCUT2D eigenvalue weighted by atomic mass is 9.89. The predicted molar refractivity (Wildman–Crippen MR) is 76.1 cm³/mol. The maximum atomic E-state index is 13.3. The van der Waals surface area contributed by atoms with Gasteiger partial charge in [0.05, 0.1) is 6.10 Å². The summed E-state index contributed by atoms with van der Waals surface area (Å²) in [4.78, 5) is 0. The zero-order valence-corrected chi connectivity index (χ0v) is 12.2. The van der Waals surface area contributed by atoms with E-state index in [1.165, 1.54) is 12.1 Å². The number of nitrogens with one attached hydrogen (secondary N) is 1. The minimum atomic E-state index is -0.231. The Kier molecular flexibility index (Phi) is 5.20. The number of hydrogen-bond acceptors (Lipinski definition) is 2. The van der Waals surface area contributed by atoms with Gasteiger partial charge in [0.1, 0.15) is 5.82 Å². The monoisotopic (exact) mass is 285 g/mol. The summed E-state index contributed by atoms with van der Waals surface area (Å²) in [6.45, 7) is 5.89. The first-order chi connectivity index (χ1) is 9.11. The molecule has 0 saturated carbocycles. The second-order valence-corrected chi connectivity index (χ2v) is 5.54. The van der Waals surface area contributed by atoms with Gasteiger partial charge in [0, 0.05) is 23.6 Å². The van der Waals surface area contributed by atoms with Crippen molar-refractivity contribution in [1.29, 1.82) is 0 Å². The van der Waals surface area contributed by atoms with E-state index in [0.717, 1.165) is 31.6 Å². The number of hydrogen-bond donors (Lipinski definition) is 1. The molecule has 3 unspecified atom stereocenters. The molecule has 0 radical (unpaired) electrons. The van der Waals surface area contributed by atoms with E-state index in [0.29, 0.717) is 10.9 Å². The van der Waals surface area contributed by atoms with E-state index >= 15 is 0 Å². The molecule has 0 amide bonds. The molecular weight excluding hydrogens is 265 g/mol. The Balaban J connectivity index is 2.13. The van der Waals surface area contributed by atoms with Gasteiger partial charge in [0.2, 0.25) is 0 Å². The highest BCUT2D eigenvalue weighted by molar-refractivity contribution is 6.31. The fourth-order valence-corrected chi connectivity index (χ4v) is 3.05. The van der Waals surface area contributed by atoms with Crippen molar-refractivity contribution in [2.24, 2.45) is 5.92 Å².